The van der Waals surface area contributed by atoms with Crippen LogP contribution in [0.25, 0.3) is 0 Å². The lowest BCUT2D eigenvalue weighted by Crippen LogP contribution is -2.05. The highest BCUT2D eigenvalue weighted by Gasteiger charge is 1.94. The van der Waals surface area contributed by atoms with Crippen LogP contribution in [0.4, 0.5) is 0 Å². The molecular formula is C10H22O3. The van der Waals surface area contributed by atoms with Gasteiger partial charge in [0.05, 0.1) is 6.61 Å². The van der Waals surface area contributed by atoms with E-state index in [1.165, 1.54) is 6.92 Å². The summed E-state index contributed by atoms with van der Waals surface area (Å²) in [4.78, 5) is 10.1. The van der Waals surface area contributed by atoms with Crippen molar-refractivity contribution < 1.29 is 14.6 Å². The second kappa shape index (κ2) is 11.4. The van der Waals surface area contributed by atoms with Crippen molar-refractivity contribution in [3.05, 3.63) is 0 Å². The van der Waals surface area contributed by atoms with Crippen LogP contribution >= 0.6 is 0 Å². The van der Waals surface area contributed by atoms with E-state index in [2.05, 4.69) is 11.7 Å². The zero-order valence-corrected chi connectivity index (χ0v) is 9.17. The monoisotopic (exact) mass is 190 g/mol. The smallest absolute Gasteiger partial charge is 0.302 e. The molecule has 80 valence electrons. The first-order chi connectivity index (χ1) is 6.04. The number of hydrogen-bond acceptors (Lipinski definition) is 3. The highest BCUT2D eigenvalue weighted by Crippen LogP contribution is 1.91. The maximum atomic E-state index is 10.1. The minimum Gasteiger partial charge on any atom is -0.466 e. The van der Waals surface area contributed by atoms with Gasteiger partial charge in [-0.1, -0.05) is 27.2 Å². The molecule has 0 saturated heterocycles. The molecule has 0 heterocycles. The predicted molar refractivity (Wildman–Crippen MR) is 53.5 cm³/mol. The molecule has 0 saturated carbocycles. The lowest BCUT2D eigenvalue weighted by molar-refractivity contribution is -0.141. The fourth-order valence-electron chi connectivity index (χ4n) is 0.442. The van der Waals surface area contributed by atoms with Crippen LogP contribution in [0.5, 0.6) is 0 Å². The molecule has 0 fully saturated rings. The van der Waals surface area contributed by atoms with E-state index in [1.807, 2.05) is 13.8 Å². The standard InChI is InChI=1S/C6H12O2.C4H10O/c1-5(2)4-8-6(3)7;1-2-3-4-5/h5H,4H2,1-3H3;5H,2-4H2,1H3. The van der Waals surface area contributed by atoms with Gasteiger partial charge >= 0.3 is 5.97 Å². The Morgan fingerprint density at radius 2 is 2.00 bits per heavy atom. The average molecular weight is 190 g/mol. The normalized spacial score (nSPS) is 9.08. The van der Waals surface area contributed by atoms with Gasteiger partial charge in [-0.15, -0.1) is 0 Å². The molecule has 0 unspecified atom stereocenters. The van der Waals surface area contributed by atoms with Crippen molar-refractivity contribution in [2.45, 2.75) is 40.5 Å². The van der Waals surface area contributed by atoms with E-state index < -0.39 is 0 Å². The summed E-state index contributed by atoms with van der Waals surface area (Å²) in [5.41, 5.74) is 0. The molecule has 3 nitrogen and oxygen atoms in total. The Morgan fingerprint density at radius 3 is 2.08 bits per heavy atom. The Balaban J connectivity index is 0. The molecular weight excluding hydrogens is 168 g/mol. The molecule has 13 heavy (non-hydrogen) atoms. The molecule has 0 rings (SSSR count). The Hall–Kier alpha value is -0.570. The molecule has 0 aromatic carbocycles. The third-order valence-electron chi connectivity index (χ3n) is 1.13. The zero-order valence-electron chi connectivity index (χ0n) is 9.17. The number of hydrogen-bond donors (Lipinski definition) is 1. The second-order valence-electron chi connectivity index (χ2n) is 3.27. The summed E-state index contributed by atoms with van der Waals surface area (Å²) in [7, 11) is 0. The fraction of sp³-hybridized carbons (Fsp3) is 0.900. The molecule has 0 aliphatic rings. The molecule has 0 radical (unpaired) electrons. The topological polar surface area (TPSA) is 46.5 Å². The predicted octanol–water partition coefficient (Wildman–Crippen LogP) is 1.98. The van der Waals surface area contributed by atoms with Crippen molar-refractivity contribution in [1.82, 2.24) is 0 Å². The number of aliphatic hydroxyl groups is 1. The number of esters is 1. The Kier molecular flexibility index (Phi) is 13.1. The summed E-state index contributed by atoms with van der Waals surface area (Å²) in [6.07, 6.45) is 2.04. The lowest BCUT2D eigenvalue weighted by atomic mass is 10.2. The minimum atomic E-state index is -0.196. The molecule has 0 atom stereocenters. The van der Waals surface area contributed by atoms with E-state index in [0.717, 1.165) is 12.8 Å². The first-order valence-corrected chi connectivity index (χ1v) is 4.78. The van der Waals surface area contributed by atoms with Crippen LogP contribution in [0.3, 0.4) is 0 Å². The first-order valence-electron chi connectivity index (χ1n) is 4.78. The molecule has 0 aliphatic carbocycles. The van der Waals surface area contributed by atoms with E-state index in [4.69, 9.17) is 5.11 Å². The van der Waals surface area contributed by atoms with Gasteiger partial charge in [0, 0.05) is 13.5 Å². The molecule has 0 aliphatic heterocycles. The lowest BCUT2D eigenvalue weighted by Gasteiger charge is -2.02. The fourth-order valence-corrected chi connectivity index (χ4v) is 0.442. The maximum Gasteiger partial charge on any atom is 0.302 e. The minimum absolute atomic E-state index is 0.196. The van der Waals surface area contributed by atoms with Crippen LogP contribution < -0.4 is 0 Å². The van der Waals surface area contributed by atoms with Crippen molar-refractivity contribution in [1.29, 1.82) is 0 Å². The summed E-state index contributed by atoms with van der Waals surface area (Å²) >= 11 is 0. The number of rotatable bonds is 4. The molecule has 3 heteroatoms. The highest BCUT2D eigenvalue weighted by atomic mass is 16.5. The molecule has 0 amide bonds. The van der Waals surface area contributed by atoms with E-state index in [1.54, 1.807) is 0 Å². The van der Waals surface area contributed by atoms with Crippen LogP contribution in [0.15, 0.2) is 0 Å². The summed E-state index contributed by atoms with van der Waals surface area (Å²) in [5.74, 6) is 0.248. The Bertz CT molecular complexity index is 109. The second-order valence-corrected chi connectivity index (χ2v) is 3.27. The van der Waals surface area contributed by atoms with Gasteiger partial charge < -0.3 is 9.84 Å². The summed E-state index contributed by atoms with van der Waals surface area (Å²) in [6, 6.07) is 0. The van der Waals surface area contributed by atoms with Crippen molar-refractivity contribution in [3.8, 4) is 0 Å². The van der Waals surface area contributed by atoms with Gasteiger partial charge in [-0.2, -0.15) is 0 Å². The maximum absolute atomic E-state index is 10.1. The third-order valence-corrected chi connectivity index (χ3v) is 1.13. The number of carbonyl (C=O) groups is 1. The van der Waals surface area contributed by atoms with Gasteiger partial charge in [0.1, 0.15) is 0 Å². The van der Waals surface area contributed by atoms with E-state index in [9.17, 15) is 4.79 Å². The SMILES string of the molecule is CC(=O)OCC(C)C.CCCCO. The quantitative estimate of drug-likeness (QED) is 0.689. The molecule has 0 spiro atoms. The average Bonchev–Trinajstić information content (AvgIpc) is 2.03. The van der Waals surface area contributed by atoms with Gasteiger partial charge in [0.2, 0.25) is 0 Å². The first kappa shape index (κ1) is 14.9. The molecule has 0 aromatic rings. The van der Waals surface area contributed by atoms with Crippen LogP contribution in [0, 0.1) is 5.92 Å². The highest BCUT2D eigenvalue weighted by molar-refractivity contribution is 5.65. The van der Waals surface area contributed by atoms with Crippen LogP contribution in [-0.2, 0) is 9.53 Å². The summed E-state index contributed by atoms with van der Waals surface area (Å²) in [6.45, 7) is 8.36. The van der Waals surface area contributed by atoms with Crippen molar-refractivity contribution in [3.63, 3.8) is 0 Å². The van der Waals surface area contributed by atoms with E-state index in [0.29, 0.717) is 19.1 Å². The Labute approximate surface area is 81.1 Å². The van der Waals surface area contributed by atoms with E-state index in [-0.39, 0.29) is 5.97 Å². The number of carbonyl (C=O) groups excluding carboxylic acids is 1. The summed E-state index contributed by atoms with van der Waals surface area (Å²) in [5, 5.41) is 8.07. The van der Waals surface area contributed by atoms with Gasteiger partial charge in [0.15, 0.2) is 0 Å². The zero-order chi connectivity index (χ0) is 10.7. The largest absolute Gasteiger partial charge is 0.466 e. The van der Waals surface area contributed by atoms with Crippen LogP contribution in [0.2, 0.25) is 0 Å². The Morgan fingerprint density at radius 1 is 1.46 bits per heavy atom. The van der Waals surface area contributed by atoms with Gasteiger partial charge in [-0.25, -0.2) is 0 Å². The van der Waals surface area contributed by atoms with Crippen LogP contribution in [0.1, 0.15) is 40.5 Å². The van der Waals surface area contributed by atoms with Gasteiger partial charge in [-0.05, 0) is 12.3 Å². The van der Waals surface area contributed by atoms with E-state index >= 15 is 0 Å². The number of ether oxygens (including phenoxy) is 1. The van der Waals surface area contributed by atoms with Gasteiger partial charge in [-0.3, -0.25) is 4.79 Å². The molecule has 0 aromatic heterocycles. The molecule has 0 bridgehead atoms. The van der Waals surface area contributed by atoms with Crippen molar-refractivity contribution in [2.75, 3.05) is 13.2 Å². The molecule has 1 N–H and O–H groups in total. The van der Waals surface area contributed by atoms with Crippen LogP contribution in [-0.4, -0.2) is 24.3 Å². The number of aliphatic hydroxyl groups excluding tert-OH is 1. The van der Waals surface area contributed by atoms with Crippen molar-refractivity contribution in [2.24, 2.45) is 5.92 Å². The number of unbranched alkanes of at least 4 members (excludes halogenated alkanes) is 1. The third kappa shape index (κ3) is 24.6. The summed E-state index contributed by atoms with van der Waals surface area (Å²) < 4.78 is 4.66. The van der Waals surface area contributed by atoms with Crippen molar-refractivity contribution >= 4 is 5.97 Å². The van der Waals surface area contributed by atoms with Gasteiger partial charge in [0.25, 0.3) is 0 Å².